The van der Waals surface area contributed by atoms with E-state index in [-0.39, 0.29) is 12.0 Å². The van der Waals surface area contributed by atoms with Crippen LogP contribution in [0, 0.1) is 20.8 Å². The second-order valence-electron chi connectivity index (χ2n) is 5.85. The van der Waals surface area contributed by atoms with Crippen molar-refractivity contribution in [2.45, 2.75) is 39.7 Å². The van der Waals surface area contributed by atoms with Crippen LogP contribution in [0.3, 0.4) is 0 Å². The Bertz CT molecular complexity index is 476. The van der Waals surface area contributed by atoms with Gasteiger partial charge in [0.1, 0.15) is 0 Å². The van der Waals surface area contributed by atoms with E-state index in [1.54, 1.807) is 0 Å². The van der Waals surface area contributed by atoms with Gasteiger partial charge in [0.2, 0.25) is 5.91 Å². The van der Waals surface area contributed by atoms with Crippen LogP contribution in [0.1, 0.15) is 29.5 Å². The molecule has 1 aliphatic rings. The Morgan fingerprint density at radius 3 is 2.60 bits per heavy atom. The molecule has 2 rings (SSSR count). The van der Waals surface area contributed by atoms with E-state index in [0.717, 1.165) is 36.2 Å². The van der Waals surface area contributed by atoms with Crippen molar-refractivity contribution < 1.29 is 9.90 Å². The molecule has 0 saturated carbocycles. The first-order chi connectivity index (χ1) is 9.45. The molecule has 2 N–H and O–H groups in total. The molecule has 4 nitrogen and oxygen atoms in total. The van der Waals surface area contributed by atoms with Gasteiger partial charge in [-0.2, -0.15) is 0 Å². The lowest BCUT2D eigenvalue weighted by molar-refractivity contribution is -0.118. The Morgan fingerprint density at radius 2 is 2.00 bits per heavy atom. The molecular weight excluding hydrogens is 252 g/mol. The van der Waals surface area contributed by atoms with Crippen LogP contribution in [0.2, 0.25) is 0 Å². The number of aliphatic hydroxyl groups excluding tert-OH is 1. The summed E-state index contributed by atoms with van der Waals surface area (Å²) in [5, 5.41) is 12.6. The maximum absolute atomic E-state index is 12.1. The third kappa shape index (κ3) is 3.81. The van der Waals surface area contributed by atoms with Crippen LogP contribution < -0.4 is 5.32 Å². The highest BCUT2D eigenvalue weighted by Crippen LogP contribution is 2.22. The zero-order chi connectivity index (χ0) is 14.7. The number of piperidine rings is 1. The van der Waals surface area contributed by atoms with Gasteiger partial charge in [-0.3, -0.25) is 9.69 Å². The lowest BCUT2D eigenvalue weighted by atomic mass is 10.0. The summed E-state index contributed by atoms with van der Waals surface area (Å²) < 4.78 is 0. The van der Waals surface area contributed by atoms with Gasteiger partial charge in [0.05, 0.1) is 12.6 Å². The number of aryl methyl sites for hydroxylation is 3. The minimum Gasteiger partial charge on any atom is -0.392 e. The smallest absolute Gasteiger partial charge is 0.238 e. The van der Waals surface area contributed by atoms with E-state index >= 15 is 0 Å². The lowest BCUT2D eigenvalue weighted by Crippen LogP contribution is -2.42. The topological polar surface area (TPSA) is 52.6 Å². The van der Waals surface area contributed by atoms with E-state index in [0.29, 0.717) is 13.1 Å². The van der Waals surface area contributed by atoms with E-state index in [1.807, 2.05) is 18.7 Å². The maximum Gasteiger partial charge on any atom is 0.238 e. The third-order valence-corrected chi connectivity index (χ3v) is 3.79. The van der Waals surface area contributed by atoms with E-state index in [4.69, 9.17) is 0 Å². The van der Waals surface area contributed by atoms with Crippen LogP contribution in [-0.4, -0.2) is 41.7 Å². The number of nitrogens with zero attached hydrogens (tertiary/aromatic N) is 1. The Balaban J connectivity index is 1.98. The monoisotopic (exact) mass is 276 g/mol. The molecule has 1 saturated heterocycles. The zero-order valence-corrected chi connectivity index (χ0v) is 12.6. The average Bonchev–Trinajstić information content (AvgIpc) is 2.33. The summed E-state index contributed by atoms with van der Waals surface area (Å²) in [6.45, 7) is 7.92. The van der Waals surface area contributed by atoms with Crippen molar-refractivity contribution in [2.75, 3.05) is 25.0 Å². The number of anilines is 1. The number of aliphatic hydroxyl groups is 1. The predicted molar refractivity (Wildman–Crippen MR) is 81.0 cm³/mol. The van der Waals surface area contributed by atoms with Gasteiger partial charge < -0.3 is 10.4 Å². The summed E-state index contributed by atoms with van der Waals surface area (Å²) >= 11 is 0. The van der Waals surface area contributed by atoms with Gasteiger partial charge in [-0.1, -0.05) is 17.7 Å². The molecule has 0 aromatic heterocycles. The fourth-order valence-electron chi connectivity index (χ4n) is 2.93. The highest BCUT2D eigenvalue weighted by Gasteiger charge is 2.20. The van der Waals surface area contributed by atoms with Crippen molar-refractivity contribution >= 4 is 11.6 Å². The third-order valence-electron chi connectivity index (χ3n) is 3.79. The molecule has 1 aliphatic heterocycles. The molecule has 1 fully saturated rings. The second kappa shape index (κ2) is 6.37. The number of hydrogen-bond donors (Lipinski definition) is 2. The normalized spacial score (nSPS) is 19.9. The average molecular weight is 276 g/mol. The molecule has 1 aromatic carbocycles. The Labute approximate surface area is 120 Å². The quantitative estimate of drug-likeness (QED) is 0.888. The van der Waals surface area contributed by atoms with Crippen molar-refractivity contribution in [2.24, 2.45) is 0 Å². The molecule has 1 unspecified atom stereocenters. The standard InChI is InChI=1S/C16H24N2O2/c1-11-7-12(2)16(13(3)8-11)17-15(20)10-18-6-4-5-14(19)9-18/h7-8,14,19H,4-6,9-10H2,1-3H3,(H,17,20). The van der Waals surface area contributed by atoms with Crippen LogP contribution in [0.4, 0.5) is 5.69 Å². The number of carbonyl (C=O) groups is 1. The van der Waals surface area contributed by atoms with Gasteiger partial charge in [0.15, 0.2) is 0 Å². The number of nitrogens with one attached hydrogen (secondary N) is 1. The minimum absolute atomic E-state index is 0.00541. The van der Waals surface area contributed by atoms with Crippen LogP contribution in [0.25, 0.3) is 0 Å². The fourth-order valence-corrected chi connectivity index (χ4v) is 2.93. The van der Waals surface area contributed by atoms with E-state index in [1.165, 1.54) is 5.56 Å². The van der Waals surface area contributed by atoms with Gasteiger partial charge >= 0.3 is 0 Å². The number of hydrogen-bond acceptors (Lipinski definition) is 3. The molecule has 110 valence electrons. The summed E-state index contributed by atoms with van der Waals surface area (Å²) in [6, 6.07) is 4.15. The Kier molecular flexibility index (Phi) is 4.78. The largest absolute Gasteiger partial charge is 0.392 e. The van der Waals surface area contributed by atoms with Gasteiger partial charge in [-0.05, 0) is 51.3 Å². The molecule has 1 aromatic rings. The number of rotatable bonds is 3. The molecule has 0 aliphatic carbocycles. The molecule has 1 amide bonds. The van der Waals surface area contributed by atoms with E-state index < -0.39 is 0 Å². The SMILES string of the molecule is Cc1cc(C)c(NC(=O)CN2CCCC(O)C2)c(C)c1. The summed E-state index contributed by atoms with van der Waals surface area (Å²) in [5.74, 6) is -0.00541. The molecule has 1 heterocycles. The zero-order valence-electron chi connectivity index (χ0n) is 12.6. The van der Waals surface area contributed by atoms with Crippen molar-refractivity contribution in [3.8, 4) is 0 Å². The van der Waals surface area contributed by atoms with Crippen molar-refractivity contribution in [1.82, 2.24) is 4.90 Å². The summed E-state index contributed by atoms with van der Waals surface area (Å²) in [7, 11) is 0. The second-order valence-corrected chi connectivity index (χ2v) is 5.85. The predicted octanol–water partition coefficient (Wildman–Crippen LogP) is 2.01. The number of benzene rings is 1. The highest BCUT2D eigenvalue weighted by atomic mass is 16.3. The van der Waals surface area contributed by atoms with Gasteiger partial charge in [0, 0.05) is 12.2 Å². The molecule has 0 radical (unpaired) electrons. The lowest BCUT2D eigenvalue weighted by Gasteiger charge is -2.29. The minimum atomic E-state index is -0.292. The number of carbonyl (C=O) groups excluding carboxylic acids is 1. The molecule has 20 heavy (non-hydrogen) atoms. The Hall–Kier alpha value is -1.39. The number of β-amino-alcohol motifs (C(OH)–C–C–N with tert-alkyl or cyclic N) is 1. The number of amides is 1. The van der Waals surface area contributed by atoms with Crippen LogP contribution >= 0.6 is 0 Å². The first kappa shape index (κ1) is 15.0. The van der Waals surface area contributed by atoms with Crippen LogP contribution in [-0.2, 0) is 4.79 Å². The first-order valence-corrected chi connectivity index (χ1v) is 7.24. The summed E-state index contributed by atoms with van der Waals surface area (Å²) in [5.41, 5.74) is 4.30. The molecule has 0 bridgehead atoms. The summed E-state index contributed by atoms with van der Waals surface area (Å²) in [6.07, 6.45) is 1.50. The van der Waals surface area contributed by atoms with E-state index in [9.17, 15) is 9.90 Å². The van der Waals surface area contributed by atoms with Gasteiger partial charge in [-0.15, -0.1) is 0 Å². The molecule has 1 atom stereocenters. The number of likely N-dealkylation sites (tertiary alicyclic amines) is 1. The highest BCUT2D eigenvalue weighted by molar-refractivity contribution is 5.93. The van der Waals surface area contributed by atoms with Crippen LogP contribution in [0.15, 0.2) is 12.1 Å². The molecule has 4 heteroatoms. The van der Waals surface area contributed by atoms with Crippen molar-refractivity contribution in [3.05, 3.63) is 28.8 Å². The van der Waals surface area contributed by atoms with Crippen molar-refractivity contribution in [1.29, 1.82) is 0 Å². The first-order valence-electron chi connectivity index (χ1n) is 7.24. The molecular formula is C16H24N2O2. The van der Waals surface area contributed by atoms with Gasteiger partial charge in [0.25, 0.3) is 0 Å². The fraction of sp³-hybridized carbons (Fsp3) is 0.562. The molecule has 0 spiro atoms. The van der Waals surface area contributed by atoms with E-state index in [2.05, 4.69) is 24.4 Å². The van der Waals surface area contributed by atoms with Crippen LogP contribution in [0.5, 0.6) is 0 Å². The Morgan fingerprint density at radius 1 is 1.35 bits per heavy atom. The van der Waals surface area contributed by atoms with Gasteiger partial charge in [-0.25, -0.2) is 0 Å². The maximum atomic E-state index is 12.1. The van der Waals surface area contributed by atoms with Crippen molar-refractivity contribution in [3.63, 3.8) is 0 Å². The summed E-state index contributed by atoms with van der Waals surface area (Å²) in [4.78, 5) is 14.2.